The predicted octanol–water partition coefficient (Wildman–Crippen LogP) is 3.87. The molecule has 0 aliphatic heterocycles. The lowest BCUT2D eigenvalue weighted by Crippen LogP contribution is -2.30. The number of halogens is 1. The normalized spacial score (nSPS) is 14.4. The topological polar surface area (TPSA) is 93.6 Å². The zero-order chi connectivity index (χ0) is 20.1. The summed E-state index contributed by atoms with van der Waals surface area (Å²) in [5, 5.41) is 13.3. The quantitative estimate of drug-likeness (QED) is 0.657. The fourth-order valence-corrected chi connectivity index (χ4v) is 2.83. The van der Waals surface area contributed by atoms with Crippen LogP contribution in [0.2, 0.25) is 5.02 Å². The van der Waals surface area contributed by atoms with Crippen LogP contribution in [-0.4, -0.2) is 33.6 Å². The summed E-state index contributed by atoms with van der Waals surface area (Å²) in [4.78, 5) is 19.4. The van der Waals surface area contributed by atoms with Crippen molar-refractivity contribution in [2.45, 2.75) is 45.6 Å². The van der Waals surface area contributed by atoms with Gasteiger partial charge in [0.25, 0.3) is 0 Å². The number of phenols is 1. The highest BCUT2D eigenvalue weighted by molar-refractivity contribution is 6.32. The van der Waals surface area contributed by atoms with Gasteiger partial charge in [-0.3, -0.25) is 4.79 Å². The molecule has 1 aromatic heterocycles. The van der Waals surface area contributed by atoms with Gasteiger partial charge in [-0.1, -0.05) is 11.6 Å². The minimum absolute atomic E-state index is 0.0383. The maximum Gasteiger partial charge on any atom is 0.321 e. The molecule has 1 atom stereocenters. The molecule has 0 unspecified atom stereocenters. The van der Waals surface area contributed by atoms with Crippen molar-refractivity contribution in [3.63, 3.8) is 0 Å². The number of amides is 1. The second kappa shape index (κ2) is 9.10. The highest BCUT2D eigenvalue weighted by Crippen LogP contribution is 2.39. The highest BCUT2D eigenvalue weighted by atomic mass is 35.5. The third-order valence-corrected chi connectivity index (χ3v) is 4.68. The molecule has 1 aliphatic carbocycles. The summed E-state index contributed by atoms with van der Waals surface area (Å²) >= 11 is 6.23. The van der Waals surface area contributed by atoms with Crippen LogP contribution in [-0.2, 0) is 11.2 Å². The van der Waals surface area contributed by atoms with Gasteiger partial charge in [0.05, 0.1) is 11.6 Å². The standard InChI is InChI=1S/C20H24ClN3O4/c1-12(24-13(2)25)3-4-15-9-22-20(23-10-15)28-18-8-17(26)19(7-16(18)21)27-11-14-5-6-14/h7-10,12,14,26H,3-6,11H2,1-2H3,(H,24,25)/t12-/m0/s1. The first-order valence-electron chi connectivity index (χ1n) is 9.32. The second-order valence-corrected chi connectivity index (χ2v) is 7.53. The Morgan fingerprint density at radius 2 is 2.04 bits per heavy atom. The lowest BCUT2D eigenvalue weighted by molar-refractivity contribution is -0.119. The zero-order valence-corrected chi connectivity index (χ0v) is 16.7. The van der Waals surface area contributed by atoms with Gasteiger partial charge in [0.15, 0.2) is 17.2 Å². The van der Waals surface area contributed by atoms with Crippen LogP contribution >= 0.6 is 11.6 Å². The van der Waals surface area contributed by atoms with Crippen molar-refractivity contribution >= 4 is 17.5 Å². The Morgan fingerprint density at radius 1 is 1.32 bits per heavy atom. The van der Waals surface area contributed by atoms with E-state index in [9.17, 15) is 9.90 Å². The molecule has 0 bridgehead atoms. The van der Waals surface area contributed by atoms with Gasteiger partial charge >= 0.3 is 6.01 Å². The lowest BCUT2D eigenvalue weighted by Gasteiger charge is -2.12. The minimum Gasteiger partial charge on any atom is -0.504 e. The lowest BCUT2D eigenvalue weighted by atomic mass is 10.1. The van der Waals surface area contributed by atoms with E-state index in [-0.39, 0.29) is 29.5 Å². The molecule has 2 N–H and O–H groups in total. The Kier molecular flexibility index (Phi) is 6.57. The van der Waals surface area contributed by atoms with Crippen LogP contribution in [0.5, 0.6) is 23.3 Å². The van der Waals surface area contributed by atoms with Gasteiger partial charge in [-0.15, -0.1) is 0 Å². The SMILES string of the molecule is CC(=O)N[C@@H](C)CCc1cnc(Oc2cc(O)c(OCC3CC3)cc2Cl)nc1. The molecule has 1 heterocycles. The van der Waals surface area contributed by atoms with Gasteiger partial charge in [-0.25, -0.2) is 9.97 Å². The van der Waals surface area contributed by atoms with E-state index in [1.54, 1.807) is 12.4 Å². The number of phenolic OH excluding ortho intramolecular Hbond substituents is 1. The third kappa shape index (κ3) is 5.99. The van der Waals surface area contributed by atoms with E-state index in [2.05, 4.69) is 15.3 Å². The van der Waals surface area contributed by atoms with E-state index in [0.717, 1.165) is 31.2 Å². The molecule has 1 saturated carbocycles. The summed E-state index contributed by atoms with van der Waals surface area (Å²) in [6, 6.07) is 3.14. The Morgan fingerprint density at radius 3 is 2.68 bits per heavy atom. The van der Waals surface area contributed by atoms with E-state index in [1.807, 2.05) is 6.92 Å². The molecule has 1 aromatic carbocycles. The van der Waals surface area contributed by atoms with Crippen LogP contribution in [0.3, 0.4) is 0 Å². The number of ether oxygens (including phenoxy) is 2. The van der Waals surface area contributed by atoms with Crippen molar-refractivity contribution < 1.29 is 19.4 Å². The first-order chi connectivity index (χ1) is 13.4. The molecular weight excluding hydrogens is 382 g/mol. The summed E-state index contributed by atoms with van der Waals surface area (Å²) in [5.41, 5.74) is 0.933. The van der Waals surface area contributed by atoms with Crippen molar-refractivity contribution in [1.82, 2.24) is 15.3 Å². The van der Waals surface area contributed by atoms with Gasteiger partial charge in [0, 0.05) is 37.5 Å². The molecule has 1 fully saturated rings. The monoisotopic (exact) mass is 405 g/mol. The van der Waals surface area contributed by atoms with Crippen molar-refractivity contribution in [1.29, 1.82) is 0 Å². The summed E-state index contributed by atoms with van der Waals surface area (Å²) in [7, 11) is 0. The second-order valence-electron chi connectivity index (χ2n) is 7.12. The summed E-state index contributed by atoms with van der Waals surface area (Å²) in [5.74, 6) is 1.08. The summed E-state index contributed by atoms with van der Waals surface area (Å²) < 4.78 is 11.2. The van der Waals surface area contributed by atoms with Crippen LogP contribution in [0.4, 0.5) is 0 Å². The van der Waals surface area contributed by atoms with Crippen molar-refractivity contribution in [3.05, 3.63) is 35.1 Å². The number of aromatic nitrogens is 2. The number of aryl methyl sites for hydroxylation is 1. The van der Waals surface area contributed by atoms with Crippen LogP contribution in [0.25, 0.3) is 0 Å². The number of hydrogen-bond acceptors (Lipinski definition) is 6. The van der Waals surface area contributed by atoms with Crippen LogP contribution in [0.1, 0.15) is 38.7 Å². The number of carbonyl (C=O) groups excluding carboxylic acids is 1. The van der Waals surface area contributed by atoms with Gasteiger partial charge in [0.2, 0.25) is 5.91 Å². The van der Waals surface area contributed by atoms with E-state index in [0.29, 0.717) is 23.3 Å². The fraction of sp³-hybridized carbons (Fsp3) is 0.450. The molecule has 1 amide bonds. The molecule has 0 spiro atoms. The number of nitrogens with zero attached hydrogens (tertiary/aromatic N) is 2. The van der Waals surface area contributed by atoms with Crippen LogP contribution in [0, 0.1) is 5.92 Å². The average Bonchev–Trinajstić information content (AvgIpc) is 3.46. The van der Waals surface area contributed by atoms with Gasteiger partial charge in [0.1, 0.15) is 0 Å². The first kappa shape index (κ1) is 20.2. The smallest absolute Gasteiger partial charge is 0.321 e. The van der Waals surface area contributed by atoms with Crippen molar-refractivity contribution in [2.24, 2.45) is 5.92 Å². The molecule has 1 aliphatic rings. The average molecular weight is 406 g/mol. The number of rotatable bonds is 9. The Bertz CT molecular complexity index is 825. The van der Waals surface area contributed by atoms with Crippen molar-refractivity contribution in [2.75, 3.05) is 6.61 Å². The number of aromatic hydroxyl groups is 1. The minimum atomic E-state index is -0.0448. The summed E-state index contributed by atoms with van der Waals surface area (Å²) in [6.45, 7) is 4.03. The molecule has 7 nitrogen and oxygen atoms in total. The highest BCUT2D eigenvalue weighted by Gasteiger charge is 2.23. The number of benzene rings is 1. The summed E-state index contributed by atoms with van der Waals surface area (Å²) in [6.07, 6.45) is 7.18. The maximum absolute atomic E-state index is 11.0. The molecule has 3 rings (SSSR count). The van der Waals surface area contributed by atoms with Crippen LogP contribution < -0.4 is 14.8 Å². The zero-order valence-electron chi connectivity index (χ0n) is 15.9. The number of carbonyl (C=O) groups is 1. The maximum atomic E-state index is 11.0. The molecule has 0 saturated heterocycles. The molecule has 150 valence electrons. The first-order valence-corrected chi connectivity index (χ1v) is 9.69. The van der Waals surface area contributed by atoms with E-state index >= 15 is 0 Å². The van der Waals surface area contributed by atoms with E-state index in [4.69, 9.17) is 21.1 Å². The Labute approximate surface area is 169 Å². The predicted molar refractivity (Wildman–Crippen MR) is 105 cm³/mol. The molecule has 0 radical (unpaired) electrons. The molecule has 2 aromatic rings. The molecular formula is C20H24ClN3O4. The molecule has 8 heteroatoms. The van der Waals surface area contributed by atoms with Gasteiger partial charge in [-0.2, -0.15) is 0 Å². The van der Waals surface area contributed by atoms with Crippen molar-refractivity contribution in [3.8, 4) is 23.3 Å². The Balaban J connectivity index is 1.57. The van der Waals surface area contributed by atoms with E-state index < -0.39 is 0 Å². The van der Waals surface area contributed by atoms with Gasteiger partial charge in [-0.05, 0) is 44.1 Å². The van der Waals surface area contributed by atoms with Gasteiger partial charge < -0.3 is 19.9 Å². The largest absolute Gasteiger partial charge is 0.504 e. The Hall–Kier alpha value is -2.54. The fourth-order valence-electron chi connectivity index (χ4n) is 2.64. The number of hydrogen-bond donors (Lipinski definition) is 2. The molecule has 28 heavy (non-hydrogen) atoms. The number of nitrogens with one attached hydrogen (secondary N) is 1. The third-order valence-electron chi connectivity index (χ3n) is 4.38. The van der Waals surface area contributed by atoms with E-state index in [1.165, 1.54) is 19.1 Å². The van der Waals surface area contributed by atoms with Crippen LogP contribution in [0.15, 0.2) is 24.5 Å².